The largest absolute Gasteiger partial charge is 0.465 e. The van der Waals surface area contributed by atoms with Gasteiger partial charge < -0.3 is 15.8 Å². The van der Waals surface area contributed by atoms with Gasteiger partial charge in [-0.1, -0.05) is 6.92 Å². The van der Waals surface area contributed by atoms with Crippen LogP contribution in [-0.4, -0.2) is 24.0 Å². The molecule has 7 heteroatoms. The monoisotopic (exact) mass is 449 g/mol. The Labute approximate surface area is 192 Å². The molecular formula is C26H28FN3O3. The number of carbonyl (C=O) groups is 2. The zero-order valence-electron chi connectivity index (χ0n) is 18.8. The Hall–Kier alpha value is -3.48. The van der Waals surface area contributed by atoms with E-state index >= 15 is 0 Å². The van der Waals surface area contributed by atoms with E-state index in [1.54, 1.807) is 30.5 Å². The number of nitrogen functional groups attached to an aromatic ring is 1. The molecule has 1 aliphatic carbocycles. The van der Waals surface area contributed by atoms with Gasteiger partial charge in [-0.3, -0.25) is 9.78 Å². The van der Waals surface area contributed by atoms with Crippen LogP contribution in [0.2, 0.25) is 0 Å². The Balaban J connectivity index is 1.40. The molecule has 0 radical (unpaired) electrons. The molecule has 3 N–H and O–H groups in total. The second kappa shape index (κ2) is 9.57. The van der Waals surface area contributed by atoms with Crippen LogP contribution in [-0.2, 0) is 9.53 Å². The van der Waals surface area contributed by atoms with Crippen LogP contribution in [0.4, 0.5) is 15.8 Å². The Kier molecular flexibility index (Phi) is 6.58. The summed E-state index contributed by atoms with van der Waals surface area (Å²) in [6.07, 6.45) is 5.49. The molecule has 4 rings (SSSR count). The Bertz CT molecular complexity index is 1190. The second-order valence-electron chi connectivity index (χ2n) is 8.74. The van der Waals surface area contributed by atoms with Crippen molar-refractivity contribution in [2.24, 2.45) is 11.8 Å². The lowest BCUT2D eigenvalue weighted by molar-refractivity contribution is -0.121. The predicted octanol–water partition coefficient (Wildman–Crippen LogP) is 5.29. The summed E-state index contributed by atoms with van der Waals surface area (Å²) < 4.78 is 18.5. The van der Waals surface area contributed by atoms with Crippen LogP contribution in [0.1, 0.15) is 54.4 Å². The smallest absolute Gasteiger partial charge is 0.337 e. The standard InChI is InChI=1S/C26H28FN3O3/c1-15(25(31)30-24-9-7-18(13-22(24)28)26(32)33-2)16-3-5-17(6-4-16)20-11-12-29-23-10-8-19(27)14-21(20)23/h7-17H,3-6,28H2,1-2H3,(H,30,31). The van der Waals surface area contributed by atoms with Gasteiger partial charge in [-0.25, -0.2) is 9.18 Å². The van der Waals surface area contributed by atoms with Crippen molar-refractivity contribution in [3.63, 3.8) is 0 Å². The lowest BCUT2D eigenvalue weighted by Gasteiger charge is -2.32. The van der Waals surface area contributed by atoms with Crippen molar-refractivity contribution in [2.45, 2.75) is 38.5 Å². The summed E-state index contributed by atoms with van der Waals surface area (Å²) in [4.78, 5) is 28.9. The molecule has 0 spiro atoms. The number of pyridine rings is 1. The summed E-state index contributed by atoms with van der Waals surface area (Å²) in [6, 6.07) is 11.4. The van der Waals surface area contributed by atoms with Crippen LogP contribution in [0.25, 0.3) is 10.9 Å². The SMILES string of the molecule is COC(=O)c1ccc(NC(=O)C(C)C2CCC(c3ccnc4ccc(F)cc34)CC2)c(N)c1. The topological polar surface area (TPSA) is 94.3 Å². The summed E-state index contributed by atoms with van der Waals surface area (Å²) in [5.41, 5.74) is 9.10. The van der Waals surface area contributed by atoms with Crippen molar-refractivity contribution >= 4 is 34.2 Å². The molecule has 0 saturated heterocycles. The molecule has 2 aromatic carbocycles. The minimum atomic E-state index is -0.477. The van der Waals surface area contributed by atoms with Crippen LogP contribution >= 0.6 is 0 Å². The molecule has 1 aromatic heterocycles. The number of carbonyl (C=O) groups excluding carboxylic acids is 2. The van der Waals surface area contributed by atoms with Crippen molar-refractivity contribution in [3.8, 4) is 0 Å². The number of fused-ring (bicyclic) bond motifs is 1. The molecule has 1 atom stereocenters. The van der Waals surface area contributed by atoms with E-state index in [2.05, 4.69) is 10.3 Å². The molecule has 172 valence electrons. The summed E-state index contributed by atoms with van der Waals surface area (Å²) >= 11 is 0. The molecule has 6 nitrogen and oxygen atoms in total. The van der Waals surface area contributed by atoms with Gasteiger partial charge in [0.25, 0.3) is 0 Å². The number of hydrogen-bond donors (Lipinski definition) is 2. The number of esters is 1. The van der Waals surface area contributed by atoms with E-state index in [9.17, 15) is 14.0 Å². The molecule has 1 saturated carbocycles. The minimum Gasteiger partial charge on any atom is -0.465 e. The first-order valence-electron chi connectivity index (χ1n) is 11.2. The predicted molar refractivity (Wildman–Crippen MR) is 126 cm³/mol. The first kappa shape index (κ1) is 22.7. The van der Waals surface area contributed by atoms with E-state index in [1.165, 1.54) is 19.2 Å². The average Bonchev–Trinajstić information content (AvgIpc) is 2.84. The Morgan fingerprint density at radius 1 is 1.12 bits per heavy atom. The highest BCUT2D eigenvalue weighted by Gasteiger charge is 2.30. The molecular weight excluding hydrogens is 421 g/mol. The van der Waals surface area contributed by atoms with Crippen molar-refractivity contribution in [3.05, 3.63) is 65.6 Å². The highest BCUT2D eigenvalue weighted by atomic mass is 19.1. The highest BCUT2D eigenvalue weighted by Crippen LogP contribution is 2.41. The number of benzene rings is 2. The molecule has 1 heterocycles. The number of rotatable bonds is 5. The lowest BCUT2D eigenvalue weighted by Crippen LogP contribution is -2.30. The van der Waals surface area contributed by atoms with Crippen LogP contribution in [0.15, 0.2) is 48.7 Å². The van der Waals surface area contributed by atoms with Crippen molar-refractivity contribution in [1.29, 1.82) is 0 Å². The van der Waals surface area contributed by atoms with Gasteiger partial charge in [0.15, 0.2) is 0 Å². The lowest BCUT2D eigenvalue weighted by atomic mass is 9.73. The third-order valence-corrected chi connectivity index (χ3v) is 6.80. The first-order chi connectivity index (χ1) is 15.9. The van der Waals surface area contributed by atoms with E-state index in [-0.39, 0.29) is 23.6 Å². The van der Waals surface area contributed by atoms with Gasteiger partial charge >= 0.3 is 5.97 Å². The van der Waals surface area contributed by atoms with Crippen LogP contribution in [0.3, 0.4) is 0 Å². The minimum absolute atomic E-state index is 0.0904. The first-order valence-corrected chi connectivity index (χ1v) is 11.2. The molecule has 1 amide bonds. The molecule has 1 aliphatic rings. The highest BCUT2D eigenvalue weighted by molar-refractivity contribution is 5.97. The average molecular weight is 450 g/mol. The van der Waals surface area contributed by atoms with Gasteiger partial charge in [0.1, 0.15) is 5.82 Å². The van der Waals surface area contributed by atoms with Crippen molar-refractivity contribution < 1.29 is 18.7 Å². The maximum absolute atomic E-state index is 13.8. The summed E-state index contributed by atoms with van der Waals surface area (Å²) in [5, 5.41) is 3.77. The second-order valence-corrected chi connectivity index (χ2v) is 8.74. The number of anilines is 2. The third kappa shape index (κ3) is 4.82. The fraction of sp³-hybridized carbons (Fsp3) is 0.346. The van der Waals surface area contributed by atoms with E-state index in [0.29, 0.717) is 22.9 Å². The van der Waals surface area contributed by atoms with Crippen LogP contribution < -0.4 is 11.1 Å². The molecule has 1 unspecified atom stereocenters. The number of halogens is 1. The molecule has 0 bridgehead atoms. The maximum Gasteiger partial charge on any atom is 0.337 e. The number of nitrogens with two attached hydrogens (primary N) is 1. The zero-order chi connectivity index (χ0) is 23.5. The van der Waals surface area contributed by atoms with E-state index in [1.807, 2.05) is 13.0 Å². The number of hydrogen-bond acceptors (Lipinski definition) is 5. The number of methoxy groups -OCH3 is 1. The summed E-state index contributed by atoms with van der Waals surface area (Å²) in [6.45, 7) is 1.94. The number of nitrogens with one attached hydrogen (secondary N) is 1. The van der Waals surface area contributed by atoms with E-state index in [4.69, 9.17) is 10.5 Å². The van der Waals surface area contributed by atoms with Gasteiger partial charge in [0, 0.05) is 17.5 Å². The fourth-order valence-electron chi connectivity index (χ4n) is 4.81. The number of aromatic nitrogens is 1. The summed E-state index contributed by atoms with van der Waals surface area (Å²) in [5.74, 6) is -0.430. The molecule has 0 aliphatic heterocycles. The van der Waals surface area contributed by atoms with E-state index < -0.39 is 5.97 Å². The molecule has 3 aromatic rings. The number of ether oxygens (including phenoxy) is 1. The normalized spacial score (nSPS) is 19.1. The summed E-state index contributed by atoms with van der Waals surface area (Å²) in [7, 11) is 1.31. The van der Waals surface area contributed by atoms with Gasteiger partial charge in [-0.2, -0.15) is 0 Å². The zero-order valence-corrected chi connectivity index (χ0v) is 18.8. The third-order valence-electron chi connectivity index (χ3n) is 6.80. The van der Waals surface area contributed by atoms with Gasteiger partial charge in [0.05, 0.1) is 29.6 Å². The van der Waals surface area contributed by atoms with Gasteiger partial charge in [0.2, 0.25) is 5.91 Å². The fourth-order valence-corrected chi connectivity index (χ4v) is 4.81. The van der Waals surface area contributed by atoms with Gasteiger partial charge in [-0.15, -0.1) is 0 Å². The Morgan fingerprint density at radius 3 is 2.58 bits per heavy atom. The Morgan fingerprint density at radius 2 is 1.88 bits per heavy atom. The molecule has 1 fully saturated rings. The van der Waals surface area contributed by atoms with Gasteiger partial charge in [-0.05, 0) is 85.5 Å². The maximum atomic E-state index is 13.8. The number of nitrogens with zero attached hydrogens (tertiary/aromatic N) is 1. The molecule has 33 heavy (non-hydrogen) atoms. The van der Waals surface area contributed by atoms with Crippen molar-refractivity contribution in [1.82, 2.24) is 4.98 Å². The quantitative estimate of drug-likeness (QED) is 0.408. The van der Waals surface area contributed by atoms with Crippen LogP contribution in [0, 0.1) is 17.7 Å². The number of amides is 1. The van der Waals surface area contributed by atoms with Crippen LogP contribution in [0.5, 0.6) is 0 Å². The van der Waals surface area contributed by atoms with E-state index in [0.717, 1.165) is 42.1 Å². The van der Waals surface area contributed by atoms with Crippen molar-refractivity contribution in [2.75, 3.05) is 18.2 Å².